The molecule has 0 spiro atoms. The molecule has 3 N–H and O–H groups in total. The predicted molar refractivity (Wildman–Crippen MR) is 65.0 cm³/mol. The van der Waals surface area contributed by atoms with Gasteiger partial charge < -0.3 is 4.74 Å². The molecule has 0 saturated carbocycles. The fraction of sp³-hybridized carbons (Fsp3) is 0.538. The summed E-state index contributed by atoms with van der Waals surface area (Å²) in [5.74, 6) is 5.60. The Hall–Kier alpha value is -1.11. The lowest BCUT2D eigenvalue weighted by atomic mass is 9.88. The number of alkyl halides is 3. The number of hydrazine groups is 1. The summed E-state index contributed by atoms with van der Waals surface area (Å²) in [5.41, 5.74) is 2.51. The summed E-state index contributed by atoms with van der Waals surface area (Å²) in [4.78, 5) is 0. The smallest absolute Gasteiger partial charge is 0.378 e. The third-order valence-corrected chi connectivity index (χ3v) is 3.62. The summed E-state index contributed by atoms with van der Waals surface area (Å²) in [6.45, 7) is 2.53. The van der Waals surface area contributed by atoms with Gasteiger partial charge in [0.1, 0.15) is 0 Å². The van der Waals surface area contributed by atoms with Gasteiger partial charge in [0, 0.05) is 12.5 Å². The van der Waals surface area contributed by atoms with E-state index in [1.54, 1.807) is 6.07 Å². The van der Waals surface area contributed by atoms with Crippen molar-refractivity contribution in [1.82, 2.24) is 5.43 Å². The Morgan fingerprint density at radius 3 is 2.68 bits per heavy atom. The molecule has 106 valence electrons. The van der Waals surface area contributed by atoms with E-state index in [1.165, 1.54) is 6.07 Å². The van der Waals surface area contributed by atoms with Gasteiger partial charge in [0.25, 0.3) is 0 Å². The first-order chi connectivity index (χ1) is 8.93. The molecule has 1 fully saturated rings. The van der Waals surface area contributed by atoms with Crippen molar-refractivity contribution in [3.05, 3.63) is 35.4 Å². The monoisotopic (exact) mass is 274 g/mol. The molecule has 3 atom stereocenters. The quantitative estimate of drug-likeness (QED) is 0.658. The Kier molecular flexibility index (Phi) is 4.13. The van der Waals surface area contributed by atoms with Crippen molar-refractivity contribution in [3.63, 3.8) is 0 Å². The molecule has 1 aliphatic heterocycles. The first kappa shape index (κ1) is 14.3. The Labute approximate surface area is 109 Å². The van der Waals surface area contributed by atoms with Crippen LogP contribution >= 0.6 is 0 Å². The van der Waals surface area contributed by atoms with Crippen molar-refractivity contribution >= 4 is 0 Å². The standard InChI is InChI=1S/C13H17F3N2O/c1-8-11(5-6-19-8)12(18-17)9-3-2-4-10(7-9)13(14,15)16/h2-4,7-8,11-12,18H,5-6,17H2,1H3. The maximum Gasteiger partial charge on any atom is 0.416 e. The van der Waals surface area contributed by atoms with Gasteiger partial charge in [-0.05, 0) is 31.0 Å². The largest absolute Gasteiger partial charge is 0.416 e. The van der Waals surface area contributed by atoms with Gasteiger partial charge in [-0.15, -0.1) is 0 Å². The number of nitrogens with one attached hydrogen (secondary N) is 1. The zero-order valence-corrected chi connectivity index (χ0v) is 10.6. The van der Waals surface area contributed by atoms with Crippen LogP contribution in [-0.4, -0.2) is 12.7 Å². The van der Waals surface area contributed by atoms with E-state index in [0.29, 0.717) is 12.2 Å². The minimum absolute atomic E-state index is 0.0180. The first-order valence-corrected chi connectivity index (χ1v) is 6.18. The van der Waals surface area contributed by atoms with Crippen LogP contribution in [0.15, 0.2) is 24.3 Å². The lowest BCUT2D eigenvalue weighted by molar-refractivity contribution is -0.137. The molecule has 1 aliphatic rings. The predicted octanol–water partition coefficient (Wildman–Crippen LogP) is 2.63. The number of halogens is 3. The number of nitrogens with two attached hydrogens (primary N) is 1. The molecular weight excluding hydrogens is 257 g/mol. The van der Waals surface area contributed by atoms with Gasteiger partial charge in [0.2, 0.25) is 0 Å². The zero-order valence-electron chi connectivity index (χ0n) is 10.6. The lowest BCUT2D eigenvalue weighted by Gasteiger charge is -2.26. The summed E-state index contributed by atoms with van der Waals surface area (Å²) in [6, 6.07) is 4.94. The number of hydrogen-bond acceptors (Lipinski definition) is 3. The highest BCUT2D eigenvalue weighted by molar-refractivity contribution is 5.28. The maximum atomic E-state index is 12.7. The van der Waals surface area contributed by atoms with Gasteiger partial charge in [-0.3, -0.25) is 11.3 Å². The number of benzene rings is 1. The molecule has 1 heterocycles. The average molecular weight is 274 g/mol. The summed E-state index contributed by atoms with van der Waals surface area (Å²) in [5, 5.41) is 0. The van der Waals surface area contributed by atoms with E-state index in [9.17, 15) is 13.2 Å². The molecule has 1 saturated heterocycles. The number of ether oxygens (including phenoxy) is 1. The van der Waals surface area contributed by atoms with Gasteiger partial charge in [-0.2, -0.15) is 13.2 Å². The van der Waals surface area contributed by atoms with Gasteiger partial charge >= 0.3 is 6.18 Å². The Balaban J connectivity index is 2.28. The minimum atomic E-state index is -4.34. The normalized spacial score (nSPS) is 25.5. The lowest BCUT2D eigenvalue weighted by Crippen LogP contribution is -2.36. The van der Waals surface area contributed by atoms with Crippen LogP contribution in [0.5, 0.6) is 0 Å². The summed E-state index contributed by atoms with van der Waals surface area (Å²) in [6.07, 6.45) is -3.57. The SMILES string of the molecule is CC1OCCC1C(NN)c1cccc(C(F)(F)F)c1. The van der Waals surface area contributed by atoms with E-state index in [1.807, 2.05) is 6.92 Å². The summed E-state index contributed by atoms with van der Waals surface area (Å²) >= 11 is 0. The number of rotatable bonds is 3. The molecule has 0 amide bonds. The molecule has 19 heavy (non-hydrogen) atoms. The second-order valence-corrected chi connectivity index (χ2v) is 4.80. The Morgan fingerprint density at radius 2 is 2.16 bits per heavy atom. The highest BCUT2D eigenvalue weighted by Gasteiger charge is 2.35. The molecular formula is C13H17F3N2O. The topological polar surface area (TPSA) is 47.3 Å². The average Bonchev–Trinajstić information content (AvgIpc) is 2.76. The molecule has 0 radical (unpaired) electrons. The molecule has 6 heteroatoms. The van der Waals surface area contributed by atoms with Gasteiger partial charge in [-0.1, -0.05) is 12.1 Å². The van der Waals surface area contributed by atoms with Crippen LogP contribution in [0.2, 0.25) is 0 Å². The second-order valence-electron chi connectivity index (χ2n) is 4.80. The van der Waals surface area contributed by atoms with E-state index in [2.05, 4.69) is 5.43 Å². The van der Waals surface area contributed by atoms with Crippen molar-refractivity contribution in [2.24, 2.45) is 11.8 Å². The molecule has 0 aromatic heterocycles. The molecule has 3 unspecified atom stereocenters. The van der Waals surface area contributed by atoms with Crippen molar-refractivity contribution in [3.8, 4) is 0 Å². The summed E-state index contributed by atoms with van der Waals surface area (Å²) < 4.78 is 43.6. The van der Waals surface area contributed by atoms with Crippen LogP contribution in [-0.2, 0) is 10.9 Å². The molecule has 0 bridgehead atoms. The van der Waals surface area contributed by atoms with E-state index >= 15 is 0 Å². The van der Waals surface area contributed by atoms with E-state index in [4.69, 9.17) is 10.6 Å². The van der Waals surface area contributed by atoms with E-state index in [0.717, 1.165) is 18.6 Å². The van der Waals surface area contributed by atoms with Crippen molar-refractivity contribution in [2.45, 2.75) is 31.7 Å². The molecule has 0 aliphatic carbocycles. The van der Waals surface area contributed by atoms with Crippen LogP contribution in [0.25, 0.3) is 0 Å². The van der Waals surface area contributed by atoms with Gasteiger partial charge in [-0.25, -0.2) is 0 Å². The van der Waals surface area contributed by atoms with Crippen LogP contribution < -0.4 is 11.3 Å². The molecule has 1 aromatic carbocycles. The highest BCUT2D eigenvalue weighted by Crippen LogP contribution is 2.35. The van der Waals surface area contributed by atoms with Crippen LogP contribution in [0.4, 0.5) is 13.2 Å². The summed E-state index contributed by atoms with van der Waals surface area (Å²) in [7, 11) is 0. The van der Waals surface area contributed by atoms with Crippen LogP contribution in [0, 0.1) is 5.92 Å². The molecule has 1 aromatic rings. The van der Waals surface area contributed by atoms with Crippen molar-refractivity contribution in [1.29, 1.82) is 0 Å². The van der Waals surface area contributed by atoms with Crippen molar-refractivity contribution in [2.75, 3.05) is 6.61 Å². The van der Waals surface area contributed by atoms with Gasteiger partial charge in [0.05, 0.1) is 17.7 Å². The fourth-order valence-electron chi connectivity index (χ4n) is 2.56. The maximum absolute atomic E-state index is 12.7. The van der Waals surface area contributed by atoms with Crippen molar-refractivity contribution < 1.29 is 17.9 Å². The first-order valence-electron chi connectivity index (χ1n) is 6.18. The zero-order chi connectivity index (χ0) is 14.0. The van der Waals surface area contributed by atoms with E-state index in [-0.39, 0.29) is 18.1 Å². The third kappa shape index (κ3) is 3.08. The third-order valence-electron chi connectivity index (χ3n) is 3.62. The molecule has 2 rings (SSSR count). The van der Waals surface area contributed by atoms with Crippen LogP contribution in [0.3, 0.4) is 0 Å². The van der Waals surface area contributed by atoms with Gasteiger partial charge in [0.15, 0.2) is 0 Å². The Bertz CT molecular complexity index is 436. The molecule has 3 nitrogen and oxygen atoms in total. The highest BCUT2D eigenvalue weighted by atomic mass is 19.4. The fourth-order valence-corrected chi connectivity index (χ4v) is 2.56. The van der Waals surface area contributed by atoms with Crippen LogP contribution in [0.1, 0.15) is 30.5 Å². The minimum Gasteiger partial charge on any atom is -0.378 e. The number of hydrogen-bond donors (Lipinski definition) is 2. The Morgan fingerprint density at radius 1 is 1.42 bits per heavy atom. The second kappa shape index (κ2) is 5.48. The van der Waals surface area contributed by atoms with E-state index < -0.39 is 11.7 Å².